The molecule has 0 aliphatic carbocycles. The third-order valence-electron chi connectivity index (χ3n) is 4.35. The molecule has 1 N–H and O–H groups in total. The number of hydrogen-bond acceptors (Lipinski definition) is 4. The van der Waals surface area contributed by atoms with Crippen molar-refractivity contribution in [3.05, 3.63) is 53.1 Å². The molecule has 0 saturated heterocycles. The van der Waals surface area contributed by atoms with Gasteiger partial charge >= 0.3 is 0 Å². The molecular weight excluding hydrogens is 344 g/mol. The first kappa shape index (κ1) is 18.0. The van der Waals surface area contributed by atoms with Gasteiger partial charge < -0.3 is 19.5 Å². The molecule has 3 rings (SSSR count). The summed E-state index contributed by atoms with van der Waals surface area (Å²) in [4.78, 5) is 12.4. The minimum Gasteiger partial charge on any atom is -0.497 e. The minimum absolute atomic E-state index is 0.0542. The Morgan fingerprint density at radius 1 is 1.19 bits per heavy atom. The summed E-state index contributed by atoms with van der Waals surface area (Å²) in [5, 5.41) is 2.64. The lowest BCUT2D eigenvalue weighted by Crippen LogP contribution is -2.37. The zero-order chi connectivity index (χ0) is 18.7. The number of carbonyl (C=O) groups excluding carboxylic acids is 1. The van der Waals surface area contributed by atoms with Gasteiger partial charge in [-0.15, -0.1) is 0 Å². The number of amides is 1. The molecule has 0 spiro atoms. The number of hydrogen-bond donors (Lipinski definition) is 1. The molecule has 1 atom stereocenters. The normalized spacial score (nSPS) is 15.6. The van der Waals surface area contributed by atoms with E-state index in [0.29, 0.717) is 17.9 Å². The lowest BCUT2D eigenvalue weighted by Gasteiger charge is -2.25. The van der Waals surface area contributed by atoms with E-state index in [1.54, 1.807) is 19.2 Å². The highest BCUT2D eigenvalue weighted by Crippen LogP contribution is 2.31. The summed E-state index contributed by atoms with van der Waals surface area (Å²) in [6.45, 7) is 0.100. The second-order valence-corrected chi connectivity index (χ2v) is 5.96. The van der Waals surface area contributed by atoms with E-state index >= 15 is 0 Å². The van der Waals surface area contributed by atoms with Crippen molar-refractivity contribution in [1.82, 2.24) is 5.32 Å². The molecule has 2 aromatic rings. The largest absolute Gasteiger partial charge is 0.497 e. The predicted octanol–water partition coefficient (Wildman–Crippen LogP) is 2.85. The first-order valence-electron chi connectivity index (χ1n) is 8.11. The van der Waals surface area contributed by atoms with Crippen molar-refractivity contribution in [2.24, 2.45) is 5.92 Å². The van der Waals surface area contributed by atoms with E-state index in [-0.39, 0.29) is 30.4 Å². The van der Waals surface area contributed by atoms with E-state index in [9.17, 15) is 13.6 Å². The number of benzene rings is 2. The molecule has 7 heteroatoms. The molecule has 5 nitrogen and oxygen atoms in total. The van der Waals surface area contributed by atoms with Crippen LogP contribution in [-0.4, -0.2) is 26.7 Å². The average Bonchev–Trinajstić information content (AvgIpc) is 2.68. The first-order valence-corrected chi connectivity index (χ1v) is 8.11. The number of methoxy groups -OCH3 is 2. The molecule has 0 bridgehead atoms. The highest BCUT2D eigenvalue weighted by atomic mass is 19.2. The van der Waals surface area contributed by atoms with Gasteiger partial charge in [-0.05, 0) is 24.1 Å². The Balaban J connectivity index is 1.63. The Labute approximate surface area is 149 Å². The molecule has 0 radical (unpaired) electrons. The number of fused-ring (bicyclic) bond motifs is 1. The summed E-state index contributed by atoms with van der Waals surface area (Å²) < 4.78 is 43.2. The van der Waals surface area contributed by atoms with Crippen LogP contribution in [0.4, 0.5) is 8.78 Å². The number of rotatable bonds is 5. The lowest BCUT2D eigenvalue weighted by molar-refractivity contribution is -0.126. The highest BCUT2D eigenvalue weighted by Gasteiger charge is 2.26. The van der Waals surface area contributed by atoms with E-state index in [1.807, 2.05) is 6.07 Å². The molecule has 0 aromatic heterocycles. The lowest BCUT2D eigenvalue weighted by atomic mass is 9.96. The van der Waals surface area contributed by atoms with E-state index in [1.165, 1.54) is 19.2 Å². The average molecular weight is 363 g/mol. The Morgan fingerprint density at radius 2 is 2.00 bits per heavy atom. The van der Waals surface area contributed by atoms with Gasteiger partial charge in [0.2, 0.25) is 11.7 Å². The zero-order valence-corrected chi connectivity index (χ0v) is 14.5. The van der Waals surface area contributed by atoms with E-state index < -0.39 is 17.6 Å². The highest BCUT2D eigenvalue weighted by molar-refractivity contribution is 5.79. The van der Waals surface area contributed by atoms with Gasteiger partial charge in [-0.25, -0.2) is 4.39 Å². The van der Waals surface area contributed by atoms with Crippen molar-refractivity contribution in [2.75, 3.05) is 20.8 Å². The van der Waals surface area contributed by atoms with Gasteiger partial charge in [0, 0.05) is 18.2 Å². The Bertz CT molecular complexity index is 825. The molecule has 1 aliphatic rings. The number of nitrogens with one attached hydrogen (secondary N) is 1. The van der Waals surface area contributed by atoms with Crippen molar-refractivity contribution < 1.29 is 27.8 Å². The monoisotopic (exact) mass is 363 g/mol. The smallest absolute Gasteiger partial charge is 0.227 e. The Morgan fingerprint density at radius 3 is 2.73 bits per heavy atom. The second-order valence-electron chi connectivity index (χ2n) is 5.96. The molecule has 0 unspecified atom stereocenters. The van der Waals surface area contributed by atoms with Crippen molar-refractivity contribution in [3.8, 4) is 17.2 Å². The van der Waals surface area contributed by atoms with Crippen LogP contribution in [0.3, 0.4) is 0 Å². The van der Waals surface area contributed by atoms with Crippen LogP contribution in [-0.2, 0) is 17.8 Å². The van der Waals surface area contributed by atoms with Crippen LogP contribution in [0.15, 0.2) is 30.3 Å². The fraction of sp³-hybridized carbons (Fsp3) is 0.316. The quantitative estimate of drug-likeness (QED) is 0.888. The molecule has 26 heavy (non-hydrogen) atoms. The van der Waals surface area contributed by atoms with Gasteiger partial charge in [0.1, 0.15) is 18.1 Å². The molecule has 1 heterocycles. The van der Waals surface area contributed by atoms with Gasteiger partial charge in [-0.1, -0.05) is 12.1 Å². The van der Waals surface area contributed by atoms with E-state index in [4.69, 9.17) is 14.2 Å². The summed E-state index contributed by atoms with van der Waals surface area (Å²) in [5.74, 6) is -1.57. The fourth-order valence-electron chi connectivity index (χ4n) is 2.84. The summed E-state index contributed by atoms with van der Waals surface area (Å²) >= 11 is 0. The van der Waals surface area contributed by atoms with Gasteiger partial charge in [0.25, 0.3) is 0 Å². The Hall–Kier alpha value is -2.83. The maximum atomic E-state index is 14.0. The second kappa shape index (κ2) is 7.59. The van der Waals surface area contributed by atoms with Crippen LogP contribution >= 0.6 is 0 Å². The van der Waals surface area contributed by atoms with Crippen LogP contribution in [0.1, 0.15) is 11.1 Å². The molecule has 1 aliphatic heterocycles. The third-order valence-corrected chi connectivity index (χ3v) is 4.35. The van der Waals surface area contributed by atoms with Crippen LogP contribution < -0.4 is 19.5 Å². The molecular formula is C19H19F2NO4. The van der Waals surface area contributed by atoms with Gasteiger partial charge in [0.15, 0.2) is 11.6 Å². The zero-order valence-electron chi connectivity index (χ0n) is 14.5. The van der Waals surface area contributed by atoms with Crippen molar-refractivity contribution >= 4 is 5.91 Å². The summed E-state index contributed by atoms with van der Waals surface area (Å²) in [6, 6.07) is 8.15. The molecule has 0 saturated carbocycles. The number of ether oxygens (including phenoxy) is 3. The Kier molecular flexibility index (Phi) is 5.25. The van der Waals surface area contributed by atoms with Gasteiger partial charge in [0.05, 0.1) is 20.1 Å². The number of halogens is 2. The molecule has 138 valence electrons. The summed E-state index contributed by atoms with van der Waals surface area (Å²) in [6.07, 6.45) is 0.505. The predicted molar refractivity (Wildman–Crippen MR) is 90.4 cm³/mol. The maximum Gasteiger partial charge on any atom is 0.227 e. The van der Waals surface area contributed by atoms with Crippen LogP contribution in [0.25, 0.3) is 0 Å². The summed E-state index contributed by atoms with van der Waals surface area (Å²) in [5.41, 5.74) is 0.956. The summed E-state index contributed by atoms with van der Waals surface area (Å²) in [7, 11) is 2.83. The fourth-order valence-corrected chi connectivity index (χ4v) is 2.84. The van der Waals surface area contributed by atoms with E-state index in [2.05, 4.69) is 5.32 Å². The first-order chi connectivity index (χ1) is 12.5. The van der Waals surface area contributed by atoms with Crippen molar-refractivity contribution in [2.45, 2.75) is 13.0 Å². The topological polar surface area (TPSA) is 56.8 Å². The molecule has 2 aromatic carbocycles. The standard InChI is InChI=1S/C19H19F2NO4/c1-24-14-5-3-11-7-13(10-26-16(11)8-14)19(23)22-9-12-4-6-15(25-2)18(21)17(12)20/h3-6,8,13H,7,9-10H2,1-2H3,(H,22,23)/t13-/m0/s1. The van der Waals surface area contributed by atoms with Crippen LogP contribution in [0.5, 0.6) is 17.2 Å². The molecule has 0 fully saturated rings. The van der Waals surface area contributed by atoms with Gasteiger partial charge in [-0.2, -0.15) is 4.39 Å². The minimum atomic E-state index is -1.07. The SMILES string of the molecule is COc1ccc2c(c1)OC[C@@H](C(=O)NCc1ccc(OC)c(F)c1F)C2. The van der Waals surface area contributed by atoms with Crippen LogP contribution in [0.2, 0.25) is 0 Å². The van der Waals surface area contributed by atoms with Crippen LogP contribution in [0, 0.1) is 17.6 Å². The van der Waals surface area contributed by atoms with E-state index in [0.717, 1.165) is 5.56 Å². The third kappa shape index (κ3) is 3.56. The van der Waals surface area contributed by atoms with Crippen molar-refractivity contribution in [3.63, 3.8) is 0 Å². The van der Waals surface area contributed by atoms with Gasteiger partial charge in [-0.3, -0.25) is 4.79 Å². The van der Waals surface area contributed by atoms with Crippen molar-refractivity contribution in [1.29, 1.82) is 0 Å². The molecule has 1 amide bonds. The maximum absolute atomic E-state index is 14.0. The number of carbonyl (C=O) groups is 1.